The molecule has 0 N–H and O–H groups in total. The molecule has 1 aromatic rings. The van der Waals surface area contributed by atoms with Crippen LogP contribution in [0.25, 0.3) is 0 Å². The van der Waals surface area contributed by atoms with E-state index in [1.165, 1.54) is 12.8 Å². The Hall–Kier alpha value is -0.830. The molecule has 3 nitrogen and oxygen atoms in total. The van der Waals surface area contributed by atoms with Crippen LogP contribution in [0.1, 0.15) is 25.0 Å². The quantitative estimate of drug-likeness (QED) is 0.760. The molecule has 16 heavy (non-hydrogen) atoms. The summed E-state index contributed by atoms with van der Waals surface area (Å²) < 4.78 is 0. The van der Waals surface area contributed by atoms with Crippen LogP contribution in [0.4, 0.5) is 5.82 Å². The second-order valence-corrected chi connectivity index (χ2v) is 4.83. The van der Waals surface area contributed by atoms with Gasteiger partial charge in [-0.05, 0) is 32.1 Å². The summed E-state index contributed by atoms with van der Waals surface area (Å²) in [5.74, 6) is 2.55. The van der Waals surface area contributed by atoms with Gasteiger partial charge in [-0.2, -0.15) is 0 Å². The first-order valence-electron chi connectivity index (χ1n) is 5.89. The van der Waals surface area contributed by atoms with Crippen LogP contribution in [-0.2, 0) is 0 Å². The third-order valence-corrected chi connectivity index (χ3v) is 3.37. The Bertz CT molecular complexity index is 341. The minimum atomic E-state index is 0.724. The molecule has 1 aromatic heterocycles. The number of alkyl halides is 1. The standard InChI is InChI=1S/C12H18ClN3/c1-10-7-12(15-9-14-10)16-6-2-3-11(8-16)4-5-13/h7,9,11H,2-6,8H2,1H3. The van der Waals surface area contributed by atoms with Crippen LogP contribution in [0.2, 0.25) is 0 Å². The third-order valence-electron chi connectivity index (χ3n) is 3.15. The Morgan fingerprint density at radius 3 is 3.12 bits per heavy atom. The summed E-state index contributed by atoms with van der Waals surface area (Å²) >= 11 is 5.81. The molecule has 2 heterocycles. The maximum absolute atomic E-state index is 5.81. The van der Waals surface area contributed by atoms with Crippen molar-refractivity contribution in [2.24, 2.45) is 5.92 Å². The summed E-state index contributed by atoms with van der Waals surface area (Å²) in [7, 11) is 0. The van der Waals surface area contributed by atoms with Crippen molar-refractivity contribution >= 4 is 17.4 Å². The second kappa shape index (κ2) is 5.48. The number of rotatable bonds is 3. The van der Waals surface area contributed by atoms with Crippen LogP contribution in [0.3, 0.4) is 0 Å². The number of aromatic nitrogens is 2. The number of halogens is 1. The zero-order valence-electron chi connectivity index (χ0n) is 9.69. The predicted molar refractivity (Wildman–Crippen MR) is 67.0 cm³/mol. The van der Waals surface area contributed by atoms with E-state index in [0.29, 0.717) is 0 Å². The molecule has 0 amide bonds. The molecule has 1 unspecified atom stereocenters. The van der Waals surface area contributed by atoms with Crippen molar-refractivity contribution in [2.45, 2.75) is 26.2 Å². The van der Waals surface area contributed by atoms with Crippen molar-refractivity contribution < 1.29 is 0 Å². The molecule has 1 aliphatic heterocycles. The van der Waals surface area contributed by atoms with Gasteiger partial charge < -0.3 is 4.90 Å². The van der Waals surface area contributed by atoms with E-state index in [0.717, 1.165) is 42.8 Å². The summed E-state index contributed by atoms with van der Waals surface area (Å²) in [5, 5.41) is 0. The van der Waals surface area contributed by atoms with E-state index in [9.17, 15) is 0 Å². The molecule has 1 saturated heterocycles. The van der Waals surface area contributed by atoms with Gasteiger partial charge in [-0.25, -0.2) is 9.97 Å². The Morgan fingerprint density at radius 2 is 2.38 bits per heavy atom. The van der Waals surface area contributed by atoms with E-state index in [2.05, 4.69) is 20.9 Å². The highest BCUT2D eigenvalue weighted by molar-refractivity contribution is 6.17. The van der Waals surface area contributed by atoms with Crippen molar-refractivity contribution in [2.75, 3.05) is 23.9 Å². The van der Waals surface area contributed by atoms with Gasteiger partial charge in [0.15, 0.2) is 0 Å². The molecule has 4 heteroatoms. The predicted octanol–water partition coefficient (Wildman–Crippen LogP) is 2.63. The van der Waals surface area contributed by atoms with Gasteiger partial charge in [-0.15, -0.1) is 11.6 Å². The highest BCUT2D eigenvalue weighted by Crippen LogP contribution is 2.23. The average Bonchev–Trinajstić information content (AvgIpc) is 2.30. The average molecular weight is 240 g/mol. The fraction of sp³-hybridized carbons (Fsp3) is 0.667. The molecular weight excluding hydrogens is 222 g/mol. The van der Waals surface area contributed by atoms with Gasteiger partial charge in [0.25, 0.3) is 0 Å². The van der Waals surface area contributed by atoms with E-state index in [1.807, 2.05) is 6.92 Å². The monoisotopic (exact) mass is 239 g/mol. The Morgan fingerprint density at radius 1 is 1.50 bits per heavy atom. The summed E-state index contributed by atoms with van der Waals surface area (Å²) in [5.41, 5.74) is 1.03. The molecule has 88 valence electrons. The second-order valence-electron chi connectivity index (χ2n) is 4.45. The van der Waals surface area contributed by atoms with Gasteiger partial charge in [0.1, 0.15) is 12.1 Å². The molecule has 1 aliphatic rings. The van der Waals surface area contributed by atoms with Gasteiger partial charge in [0.05, 0.1) is 0 Å². The number of nitrogens with zero attached hydrogens (tertiary/aromatic N) is 3. The molecule has 0 spiro atoms. The topological polar surface area (TPSA) is 29.0 Å². The van der Waals surface area contributed by atoms with E-state index in [1.54, 1.807) is 6.33 Å². The smallest absolute Gasteiger partial charge is 0.132 e. The van der Waals surface area contributed by atoms with Crippen LogP contribution in [0, 0.1) is 12.8 Å². The first-order valence-corrected chi connectivity index (χ1v) is 6.42. The highest BCUT2D eigenvalue weighted by atomic mass is 35.5. The summed E-state index contributed by atoms with van der Waals surface area (Å²) in [6, 6.07) is 2.06. The largest absolute Gasteiger partial charge is 0.356 e. The lowest BCUT2D eigenvalue weighted by Crippen LogP contribution is -2.36. The Labute approximate surface area is 102 Å². The summed E-state index contributed by atoms with van der Waals surface area (Å²) in [6.45, 7) is 4.20. The van der Waals surface area contributed by atoms with E-state index < -0.39 is 0 Å². The van der Waals surface area contributed by atoms with E-state index in [4.69, 9.17) is 11.6 Å². The molecule has 0 aromatic carbocycles. The van der Waals surface area contributed by atoms with Crippen LogP contribution >= 0.6 is 11.6 Å². The van der Waals surface area contributed by atoms with Crippen molar-refractivity contribution in [3.05, 3.63) is 18.1 Å². The highest BCUT2D eigenvalue weighted by Gasteiger charge is 2.20. The number of anilines is 1. The minimum Gasteiger partial charge on any atom is -0.356 e. The van der Waals surface area contributed by atoms with Crippen LogP contribution in [0.15, 0.2) is 12.4 Å². The Kier molecular flexibility index (Phi) is 3.99. The maximum Gasteiger partial charge on any atom is 0.132 e. The fourth-order valence-electron chi connectivity index (χ4n) is 2.28. The molecular formula is C12H18ClN3. The minimum absolute atomic E-state index is 0.724. The number of aryl methyl sites for hydroxylation is 1. The van der Waals surface area contributed by atoms with Crippen LogP contribution < -0.4 is 4.90 Å². The van der Waals surface area contributed by atoms with Crippen molar-refractivity contribution in [1.82, 2.24) is 9.97 Å². The molecule has 0 saturated carbocycles. The molecule has 1 atom stereocenters. The van der Waals surface area contributed by atoms with Crippen molar-refractivity contribution in [3.63, 3.8) is 0 Å². The molecule has 1 fully saturated rings. The number of hydrogen-bond acceptors (Lipinski definition) is 3. The maximum atomic E-state index is 5.81. The lowest BCUT2D eigenvalue weighted by Gasteiger charge is -2.33. The molecule has 0 aliphatic carbocycles. The van der Waals surface area contributed by atoms with Gasteiger partial charge in [0, 0.05) is 30.7 Å². The molecule has 0 radical (unpaired) electrons. The van der Waals surface area contributed by atoms with Gasteiger partial charge in [-0.1, -0.05) is 0 Å². The normalized spacial score (nSPS) is 21.1. The van der Waals surface area contributed by atoms with Crippen LogP contribution in [0.5, 0.6) is 0 Å². The van der Waals surface area contributed by atoms with E-state index in [-0.39, 0.29) is 0 Å². The zero-order chi connectivity index (χ0) is 11.4. The lowest BCUT2D eigenvalue weighted by atomic mass is 9.95. The van der Waals surface area contributed by atoms with E-state index >= 15 is 0 Å². The summed E-state index contributed by atoms with van der Waals surface area (Å²) in [6.07, 6.45) is 5.30. The van der Waals surface area contributed by atoms with Crippen molar-refractivity contribution in [1.29, 1.82) is 0 Å². The molecule has 2 rings (SSSR count). The number of piperidine rings is 1. The zero-order valence-corrected chi connectivity index (χ0v) is 10.5. The lowest BCUT2D eigenvalue weighted by molar-refractivity contribution is 0.404. The molecule has 0 bridgehead atoms. The third kappa shape index (κ3) is 2.85. The van der Waals surface area contributed by atoms with Crippen LogP contribution in [-0.4, -0.2) is 28.9 Å². The fourth-order valence-corrected chi connectivity index (χ4v) is 2.59. The van der Waals surface area contributed by atoms with Crippen molar-refractivity contribution in [3.8, 4) is 0 Å². The number of hydrogen-bond donors (Lipinski definition) is 0. The summed E-state index contributed by atoms with van der Waals surface area (Å²) in [4.78, 5) is 10.8. The first kappa shape index (κ1) is 11.6. The van der Waals surface area contributed by atoms with Gasteiger partial charge in [0.2, 0.25) is 0 Å². The Balaban J connectivity index is 2.03. The SMILES string of the molecule is Cc1cc(N2CCCC(CCCl)C2)ncn1. The van der Waals surface area contributed by atoms with Gasteiger partial charge in [-0.3, -0.25) is 0 Å². The first-order chi connectivity index (χ1) is 7.79. The van der Waals surface area contributed by atoms with Gasteiger partial charge >= 0.3 is 0 Å².